The van der Waals surface area contributed by atoms with Crippen molar-refractivity contribution in [1.29, 1.82) is 0 Å². The van der Waals surface area contributed by atoms with Crippen LogP contribution in [-0.4, -0.2) is 27.9 Å². The van der Waals surface area contributed by atoms with Crippen molar-refractivity contribution in [2.75, 3.05) is 16.2 Å². The van der Waals surface area contributed by atoms with E-state index in [0.717, 1.165) is 16.5 Å². The predicted molar refractivity (Wildman–Crippen MR) is 118 cm³/mol. The van der Waals surface area contributed by atoms with E-state index < -0.39 is 22.8 Å². The summed E-state index contributed by atoms with van der Waals surface area (Å²) in [5, 5.41) is 10.9. The molecule has 0 aliphatic heterocycles. The molecule has 7 heteroatoms. The van der Waals surface area contributed by atoms with Gasteiger partial charge >= 0.3 is 5.97 Å². The number of carbonyl (C=O) groups is 1. The maximum Gasteiger partial charge on any atom is 0.305 e. The molecule has 154 valence electrons. The first-order chi connectivity index (χ1) is 14.4. The Kier molecular flexibility index (Phi) is 6.70. The Balaban J connectivity index is 2.00. The monoisotopic (exact) mass is 424 g/mol. The number of anilines is 2. The third kappa shape index (κ3) is 4.78. The highest BCUT2D eigenvalue weighted by Gasteiger charge is 2.20. The van der Waals surface area contributed by atoms with Gasteiger partial charge in [-0.05, 0) is 43.3 Å². The first-order valence-corrected chi connectivity index (χ1v) is 10.4. The van der Waals surface area contributed by atoms with E-state index in [1.54, 1.807) is 6.07 Å². The van der Waals surface area contributed by atoms with E-state index in [0.29, 0.717) is 10.6 Å². The van der Waals surface area contributed by atoms with Gasteiger partial charge in [0.15, 0.2) is 0 Å². The number of carboxylic acid groups (broad SMARTS) is 1. The fraction of sp³-hybridized carbons (Fsp3) is 0.174. The molecule has 0 aromatic heterocycles. The lowest BCUT2D eigenvalue weighted by atomic mass is 10.0. The van der Waals surface area contributed by atoms with Gasteiger partial charge in [-0.2, -0.15) is 0 Å². The summed E-state index contributed by atoms with van der Waals surface area (Å²) in [6, 6.07) is 16.3. The van der Waals surface area contributed by atoms with E-state index in [-0.39, 0.29) is 19.0 Å². The van der Waals surface area contributed by atoms with Crippen molar-refractivity contribution < 1.29 is 18.5 Å². The molecule has 2 N–H and O–H groups in total. The number of benzene rings is 3. The second-order valence-electron chi connectivity index (χ2n) is 6.78. The zero-order valence-corrected chi connectivity index (χ0v) is 17.2. The van der Waals surface area contributed by atoms with Crippen molar-refractivity contribution in [3.05, 3.63) is 66.5 Å². The van der Waals surface area contributed by atoms with Crippen molar-refractivity contribution in [3.63, 3.8) is 0 Å². The zero-order chi connectivity index (χ0) is 21.7. The molecule has 1 unspecified atom stereocenters. The number of nitrogens with one attached hydrogen (secondary N) is 1. The third-order valence-corrected chi connectivity index (χ3v) is 5.81. The van der Waals surface area contributed by atoms with Crippen LogP contribution in [0.15, 0.2) is 65.6 Å². The Morgan fingerprint density at radius 1 is 1.17 bits per heavy atom. The molecular weight excluding hydrogens is 403 g/mol. The molecule has 30 heavy (non-hydrogen) atoms. The van der Waals surface area contributed by atoms with Gasteiger partial charge in [0.2, 0.25) is 0 Å². The standard InChI is InChI=1S/C23H21FN2O3S/c1-3-14-26(16(2)15-23(27)28)22-13-12-21(19-6-4-5-7-20(19)22)25-30(29)18-10-8-17(24)9-11-18/h1,4-13,16,25H,14-15H2,2H3,(H,27,28)/t16-,30?/m0/s1. The molecule has 2 atom stereocenters. The van der Waals surface area contributed by atoms with Gasteiger partial charge in [-0.1, -0.05) is 30.2 Å². The molecule has 0 heterocycles. The predicted octanol–water partition coefficient (Wildman–Crippen LogP) is 4.42. The van der Waals surface area contributed by atoms with E-state index in [1.807, 2.05) is 42.2 Å². The first kappa shape index (κ1) is 21.3. The summed E-state index contributed by atoms with van der Waals surface area (Å²) in [7, 11) is -1.58. The van der Waals surface area contributed by atoms with Gasteiger partial charge in [-0.15, -0.1) is 6.42 Å². The van der Waals surface area contributed by atoms with Crippen LogP contribution < -0.4 is 9.62 Å². The Morgan fingerprint density at radius 3 is 2.47 bits per heavy atom. The number of terminal acetylenes is 1. The minimum atomic E-state index is -1.58. The molecule has 3 aromatic rings. The smallest absolute Gasteiger partial charge is 0.305 e. The van der Waals surface area contributed by atoms with E-state index in [9.17, 15) is 18.5 Å². The van der Waals surface area contributed by atoms with E-state index >= 15 is 0 Å². The molecule has 0 aliphatic carbocycles. The number of aliphatic carboxylic acids is 1. The maximum absolute atomic E-state index is 13.1. The normalized spacial score (nSPS) is 12.7. The van der Waals surface area contributed by atoms with Gasteiger partial charge in [-0.25, -0.2) is 8.60 Å². The van der Waals surface area contributed by atoms with Gasteiger partial charge < -0.3 is 14.7 Å². The summed E-state index contributed by atoms with van der Waals surface area (Å²) in [4.78, 5) is 13.5. The highest BCUT2D eigenvalue weighted by Crippen LogP contribution is 2.34. The van der Waals surface area contributed by atoms with Crippen LogP contribution in [0.3, 0.4) is 0 Å². The van der Waals surface area contributed by atoms with Crippen LogP contribution >= 0.6 is 0 Å². The summed E-state index contributed by atoms with van der Waals surface area (Å²) in [6.07, 6.45) is 5.48. The second kappa shape index (κ2) is 9.42. The van der Waals surface area contributed by atoms with Gasteiger partial charge in [0.1, 0.15) is 16.8 Å². The van der Waals surface area contributed by atoms with Crippen LogP contribution in [0.2, 0.25) is 0 Å². The average molecular weight is 424 g/mol. The second-order valence-corrected chi connectivity index (χ2v) is 7.99. The van der Waals surface area contributed by atoms with Crippen LogP contribution in [-0.2, 0) is 15.8 Å². The van der Waals surface area contributed by atoms with Crippen molar-refractivity contribution in [3.8, 4) is 12.3 Å². The lowest BCUT2D eigenvalue weighted by Gasteiger charge is -2.30. The summed E-state index contributed by atoms with van der Waals surface area (Å²) >= 11 is 0. The molecule has 0 fully saturated rings. The van der Waals surface area contributed by atoms with Gasteiger partial charge in [-0.3, -0.25) is 4.79 Å². The number of rotatable bonds is 8. The van der Waals surface area contributed by atoms with Crippen LogP contribution in [0.4, 0.5) is 15.8 Å². The van der Waals surface area contributed by atoms with Crippen LogP contribution in [0, 0.1) is 18.2 Å². The number of carboxylic acids is 1. The van der Waals surface area contributed by atoms with Crippen LogP contribution in [0.5, 0.6) is 0 Å². The first-order valence-electron chi connectivity index (χ1n) is 9.28. The Hall–Kier alpha value is -3.37. The van der Waals surface area contributed by atoms with Crippen molar-refractivity contribution in [2.24, 2.45) is 0 Å². The van der Waals surface area contributed by atoms with E-state index in [2.05, 4.69) is 10.6 Å². The van der Waals surface area contributed by atoms with Crippen LogP contribution in [0.25, 0.3) is 10.8 Å². The molecule has 5 nitrogen and oxygen atoms in total. The molecule has 0 saturated carbocycles. The number of hydrogen-bond donors (Lipinski definition) is 2. The molecule has 0 amide bonds. The molecule has 0 spiro atoms. The molecule has 3 rings (SSSR count). The highest BCUT2D eigenvalue weighted by molar-refractivity contribution is 7.86. The minimum Gasteiger partial charge on any atom is -0.481 e. The number of halogens is 1. The van der Waals surface area contributed by atoms with Gasteiger partial charge in [0.25, 0.3) is 0 Å². The lowest BCUT2D eigenvalue weighted by molar-refractivity contribution is -0.137. The SMILES string of the molecule is C#CCN(c1ccc(NS(=O)c2ccc(F)cc2)c2ccccc12)[C@@H](C)CC(=O)O. The topological polar surface area (TPSA) is 69.6 Å². The van der Waals surface area contributed by atoms with E-state index in [1.165, 1.54) is 24.3 Å². The van der Waals surface area contributed by atoms with Crippen molar-refractivity contribution >= 4 is 39.1 Å². The summed E-state index contributed by atoms with van der Waals surface area (Å²) < 4.78 is 28.8. The molecule has 0 aliphatic rings. The Morgan fingerprint density at radius 2 is 1.83 bits per heavy atom. The number of fused-ring (bicyclic) bond motifs is 1. The van der Waals surface area contributed by atoms with Crippen molar-refractivity contribution in [2.45, 2.75) is 24.3 Å². The summed E-state index contributed by atoms with van der Waals surface area (Å²) in [5.41, 5.74) is 1.44. The molecule has 0 saturated heterocycles. The van der Waals surface area contributed by atoms with Gasteiger partial charge in [0, 0.05) is 22.5 Å². The van der Waals surface area contributed by atoms with Crippen LogP contribution in [0.1, 0.15) is 13.3 Å². The van der Waals surface area contributed by atoms with Crippen molar-refractivity contribution in [1.82, 2.24) is 0 Å². The number of nitrogens with zero attached hydrogens (tertiary/aromatic N) is 1. The fourth-order valence-corrected chi connectivity index (χ4v) is 4.16. The van der Waals surface area contributed by atoms with E-state index in [4.69, 9.17) is 6.42 Å². The highest BCUT2D eigenvalue weighted by atomic mass is 32.2. The molecule has 0 radical (unpaired) electrons. The molecule has 0 bridgehead atoms. The fourth-order valence-electron chi connectivity index (χ4n) is 3.28. The Bertz CT molecular complexity index is 1130. The quantitative estimate of drug-likeness (QED) is 0.526. The third-order valence-electron chi connectivity index (χ3n) is 4.70. The maximum atomic E-state index is 13.1. The lowest BCUT2D eigenvalue weighted by Crippen LogP contribution is -2.35. The minimum absolute atomic E-state index is 0.0510. The Labute approximate surface area is 177 Å². The largest absolute Gasteiger partial charge is 0.481 e. The summed E-state index contributed by atoms with van der Waals surface area (Å²) in [6.45, 7) is 2.07. The molecular formula is C23H21FN2O3S. The van der Waals surface area contributed by atoms with Gasteiger partial charge in [0.05, 0.1) is 23.5 Å². The number of hydrogen-bond acceptors (Lipinski definition) is 3. The average Bonchev–Trinajstić information content (AvgIpc) is 2.72. The summed E-state index contributed by atoms with van der Waals surface area (Å²) in [5.74, 6) is 1.30. The zero-order valence-electron chi connectivity index (χ0n) is 16.3. The molecule has 3 aromatic carbocycles.